The van der Waals surface area contributed by atoms with Crippen LogP contribution in [0.15, 0.2) is 35.6 Å². The summed E-state index contributed by atoms with van der Waals surface area (Å²) < 4.78 is 18.2. The van der Waals surface area contributed by atoms with Gasteiger partial charge in [0.1, 0.15) is 11.6 Å². The number of hydrogen-bond acceptors (Lipinski definition) is 3. The van der Waals surface area contributed by atoms with Crippen LogP contribution in [0.2, 0.25) is 0 Å². The van der Waals surface area contributed by atoms with E-state index in [1.165, 1.54) is 11.3 Å². The zero-order chi connectivity index (χ0) is 21.8. The summed E-state index contributed by atoms with van der Waals surface area (Å²) in [5.74, 6) is 1.14. The first-order valence-corrected chi connectivity index (χ1v) is 10.0. The fourth-order valence-corrected chi connectivity index (χ4v) is 3.57. The number of nitrogens with one attached hydrogen (secondary N) is 2. The molecule has 2 aromatic heterocycles. The van der Waals surface area contributed by atoms with Crippen LogP contribution in [0, 0.1) is 26.6 Å². The second-order valence-electron chi connectivity index (χ2n) is 7.58. The summed E-state index contributed by atoms with van der Waals surface area (Å²) >= 11 is 0. The van der Waals surface area contributed by atoms with Crippen LogP contribution in [0.5, 0.6) is 0 Å². The van der Waals surface area contributed by atoms with Crippen molar-refractivity contribution in [3.05, 3.63) is 64.7 Å². The summed E-state index contributed by atoms with van der Waals surface area (Å²) in [4.78, 5) is 8.45. The Morgan fingerprint density at radius 1 is 1.26 bits per heavy atom. The number of hydrogen-bond donors (Lipinski definition) is 2. The molecule has 0 radical (unpaired) electrons. The number of guanidine groups is 1. The molecule has 1 unspecified atom stereocenters. The maximum absolute atomic E-state index is 14.6. The molecule has 2 heterocycles. The van der Waals surface area contributed by atoms with Crippen molar-refractivity contribution in [3.8, 4) is 5.69 Å². The van der Waals surface area contributed by atoms with E-state index in [9.17, 15) is 4.39 Å². The molecule has 0 amide bonds. The van der Waals surface area contributed by atoms with E-state index < -0.39 is 0 Å². The smallest absolute Gasteiger partial charge is 0.191 e. The third kappa shape index (κ3) is 5.84. The molecule has 0 saturated carbocycles. The molecule has 0 aliphatic carbocycles. The fourth-order valence-electron chi connectivity index (χ4n) is 3.57. The Balaban J connectivity index is 0.00000341. The third-order valence-electron chi connectivity index (χ3n) is 5.33. The highest BCUT2D eigenvalue weighted by atomic mass is 127. The van der Waals surface area contributed by atoms with Crippen molar-refractivity contribution in [3.63, 3.8) is 0 Å². The van der Waals surface area contributed by atoms with Crippen LogP contribution in [0.1, 0.15) is 35.3 Å². The number of benzene rings is 1. The summed E-state index contributed by atoms with van der Waals surface area (Å²) in [6, 6.07) is 5.39. The molecule has 0 fully saturated rings. The maximum Gasteiger partial charge on any atom is 0.191 e. The van der Waals surface area contributed by atoms with Gasteiger partial charge in [0.25, 0.3) is 0 Å². The van der Waals surface area contributed by atoms with E-state index in [4.69, 9.17) is 0 Å². The van der Waals surface area contributed by atoms with Gasteiger partial charge in [-0.05, 0) is 57.4 Å². The highest BCUT2D eigenvalue weighted by molar-refractivity contribution is 14.0. The van der Waals surface area contributed by atoms with Crippen LogP contribution in [-0.2, 0) is 20.0 Å². The highest BCUT2D eigenvalue weighted by Gasteiger charge is 2.14. The van der Waals surface area contributed by atoms with Gasteiger partial charge in [0, 0.05) is 44.8 Å². The van der Waals surface area contributed by atoms with Gasteiger partial charge in [0.15, 0.2) is 5.96 Å². The predicted molar refractivity (Wildman–Crippen MR) is 133 cm³/mol. The Kier molecular flexibility index (Phi) is 8.60. The van der Waals surface area contributed by atoms with Gasteiger partial charge in [-0.2, -0.15) is 5.10 Å². The number of halogens is 2. The van der Waals surface area contributed by atoms with E-state index >= 15 is 0 Å². The van der Waals surface area contributed by atoms with Crippen LogP contribution >= 0.6 is 24.0 Å². The van der Waals surface area contributed by atoms with E-state index in [0.29, 0.717) is 18.2 Å². The Bertz CT molecular complexity index is 1050. The molecule has 0 saturated heterocycles. The van der Waals surface area contributed by atoms with Crippen LogP contribution < -0.4 is 10.6 Å². The lowest BCUT2D eigenvalue weighted by Crippen LogP contribution is -2.42. The molecular formula is C22H31FIN7. The van der Waals surface area contributed by atoms with E-state index in [1.807, 2.05) is 31.6 Å². The Morgan fingerprint density at radius 3 is 2.55 bits per heavy atom. The lowest BCUT2D eigenvalue weighted by atomic mass is 10.1. The summed E-state index contributed by atoms with van der Waals surface area (Å²) in [6.45, 7) is 8.54. The van der Waals surface area contributed by atoms with Gasteiger partial charge in [-0.3, -0.25) is 9.67 Å². The first kappa shape index (κ1) is 24.8. The summed E-state index contributed by atoms with van der Waals surface area (Å²) in [5, 5.41) is 11.1. The van der Waals surface area contributed by atoms with Crippen molar-refractivity contribution >= 4 is 29.9 Å². The molecule has 1 atom stereocenters. The Labute approximate surface area is 200 Å². The van der Waals surface area contributed by atoms with Gasteiger partial charge in [-0.15, -0.1) is 24.0 Å². The molecule has 7 nitrogen and oxygen atoms in total. The van der Waals surface area contributed by atoms with Gasteiger partial charge < -0.3 is 15.2 Å². The van der Waals surface area contributed by atoms with Crippen molar-refractivity contribution in [1.29, 1.82) is 0 Å². The number of aliphatic imine (C=N–C) groups is 1. The van der Waals surface area contributed by atoms with Gasteiger partial charge >= 0.3 is 0 Å². The maximum atomic E-state index is 14.6. The van der Waals surface area contributed by atoms with E-state index in [-0.39, 0.29) is 35.8 Å². The molecule has 3 rings (SSSR count). The number of nitrogens with zero attached hydrogens (tertiary/aromatic N) is 5. The van der Waals surface area contributed by atoms with Gasteiger partial charge in [0.2, 0.25) is 0 Å². The van der Waals surface area contributed by atoms with Crippen LogP contribution in [0.25, 0.3) is 5.69 Å². The minimum Gasteiger partial charge on any atom is -0.354 e. The van der Waals surface area contributed by atoms with Crippen molar-refractivity contribution in [2.75, 3.05) is 7.05 Å². The van der Waals surface area contributed by atoms with Crippen LogP contribution in [-0.4, -0.2) is 38.4 Å². The van der Waals surface area contributed by atoms with E-state index in [2.05, 4.69) is 39.6 Å². The number of aromatic nitrogens is 4. The van der Waals surface area contributed by atoms with Gasteiger partial charge in [-0.1, -0.05) is 6.07 Å². The van der Waals surface area contributed by atoms with E-state index in [1.54, 1.807) is 36.1 Å². The average Bonchev–Trinajstić information content (AvgIpc) is 3.23. The summed E-state index contributed by atoms with van der Waals surface area (Å²) in [7, 11) is 3.69. The van der Waals surface area contributed by atoms with Gasteiger partial charge in [-0.25, -0.2) is 9.37 Å². The lowest BCUT2D eigenvalue weighted by Gasteiger charge is -2.18. The number of rotatable bonds is 6. The molecule has 9 heteroatoms. The highest BCUT2D eigenvalue weighted by Crippen LogP contribution is 2.17. The average molecular weight is 539 g/mol. The van der Waals surface area contributed by atoms with Crippen LogP contribution in [0.3, 0.4) is 0 Å². The monoisotopic (exact) mass is 539 g/mol. The molecule has 31 heavy (non-hydrogen) atoms. The molecule has 0 spiro atoms. The largest absolute Gasteiger partial charge is 0.354 e. The number of imidazole rings is 1. The normalized spacial score (nSPS) is 12.4. The lowest BCUT2D eigenvalue weighted by molar-refractivity contribution is 0.611. The fraction of sp³-hybridized carbons (Fsp3) is 0.409. The molecule has 168 valence electrons. The van der Waals surface area contributed by atoms with Crippen LogP contribution in [0.4, 0.5) is 4.39 Å². The molecule has 0 aliphatic heterocycles. The summed E-state index contributed by atoms with van der Waals surface area (Å²) in [6.07, 6.45) is 4.26. The molecule has 1 aromatic carbocycles. The second-order valence-corrected chi connectivity index (χ2v) is 7.58. The molecule has 2 N–H and O–H groups in total. The quantitative estimate of drug-likeness (QED) is 0.286. The SMILES string of the molecule is CN=C(NCc1ccc(-n2ccnc2C)c(F)c1)NC(C)Cc1c(C)nn(C)c1C.I. The molecule has 0 bridgehead atoms. The Hall–Kier alpha value is -2.43. The standard InChI is InChI=1S/C22H30FN7.HI/c1-14(11-19-15(2)28-29(6)16(19)3)27-22(24-5)26-13-18-7-8-21(20(23)12-18)30-10-9-25-17(30)4;/h7-10,12,14H,11,13H2,1-6H3,(H2,24,26,27);1H. The predicted octanol–water partition coefficient (Wildman–Crippen LogP) is 3.58. The van der Waals surface area contributed by atoms with Gasteiger partial charge in [0.05, 0.1) is 11.4 Å². The first-order valence-electron chi connectivity index (χ1n) is 10.0. The Morgan fingerprint density at radius 2 is 2.00 bits per heavy atom. The van der Waals surface area contributed by atoms with Crippen molar-refractivity contribution in [1.82, 2.24) is 30.0 Å². The minimum absolute atomic E-state index is 0. The topological polar surface area (TPSA) is 72.1 Å². The minimum atomic E-state index is -0.283. The molecule has 3 aromatic rings. The third-order valence-corrected chi connectivity index (χ3v) is 5.33. The van der Waals surface area contributed by atoms with Crippen molar-refractivity contribution in [2.24, 2.45) is 12.0 Å². The zero-order valence-corrected chi connectivity index (χ0v) is 21.2. The zero-order valence-electron chi connectivity index (χ0n) is 18.9. The number of aryl methyl sites for hydroxylation is 3. The molecule has 0 aliphatic rings. The molecular weight excluding hydrogens is 508 g/mol. The van der Waals surface area contributed by atoms with Crippen molar-refractivity contribution < 1.29 is 4.39 Å². The first-order chi connectivity index (χ1) is 14.3. The summed E-state index contributed by atoms with van der Waals surface area (Å²) in [5.41, 5.74) is 4.80. The van der Waals surface area contributed by atoms with E-state index in [0.717, 1.165) is 23.5 Å². The second kappa shape index (κ2) is 10.7. The van der Waals surface area contributed by atoms with Crippen molar-refractivity contribution in [2.45, 2.75) is 46.7 Å².